The van der Waals surface area contributed by atoms with Crippen molar-refractivity contribution in [3.05, 3.63) is 58.6 Å². The highest BCUT2D eigenvalue weighted by Gasteiger charge is 2.09. The third-order valence-corrected chi connectivity index (χ3v) is 5.05. The highest BCUT2D eigenvalue weighted by atomic mass is 35.5. The van der Waals surface area contributed by atoms with Gasteiger partial charge in [-0.05, 0) is 54.9 Å². The quantitative estimate of drug-likeness (QED) is 0.393. The zero-order chi connectivity index (χ0) is 19.6. The van der Waals surface area contributed by atoms with E-state index in [1.165, 1.54) is 5.56 Å². The van der Waals surface area contributed by atoms with Crippen molar-refractivity contribution in [2.75, 3.05) is 46.5 Å². The summed E-state index contributed by atoms with van der Waals surface area (Å²) >= 11 is 5.92. The number of nitrogens with one attached hydrogen (secondary N) is 1. The largest absolute Gasteiger partial charge is 1.00 e. The molecule has 168 valence electrons. The van der Waals surface area contributed by atoms with Crippen molar-refractivity contribution in [1.29, 1.82) is 0 Å². The summed E-state index contributed by atoms with van der Waals surface area (Å²) in [5.74, 6) is 1.50. The van der Waals surface area contributed by atoms with E-state index in [1.807, 2.05) is 36.4 Å². The molecule has 2 aromatic carbocycles. The highest BCUT2D eigenvalue weighted by molar-refractivity contribution is 6.30. The van der Waals surface area contributed by atoms with Gasteiger partial charge in [-0.3, -0.25) is 4.90 Å². The zero-order valence-electron chi connectivity index (χ0n) is 17.2. The Morgan fingerprint density at radius 2 is 1.70 bits per heavy atom. The van der Waals surface area contributed by atoms with Gasteiger partial charge in [0.25, 0.3) is 0 Å². The molecule has 8 heteroatoms. The Morgan fingerprint density at radius 3 is 2.40 bits per heavy atom. The van der Waals surface area contributed by atoms with Gasteiger partial charge in [0.15, 0.2) is 11.5 Å². The maximum atomic E-state index is 5.92. The van der Waals surface area contributed by atoms with E-state index < -0.39 is 0 Å². The summed E-state index contributed by atoms with van der Waals surface area (Å²) in [6.07, 6.45) is 1.14. The minimum Gasteiger partial charge on any atom is -1.00 e. The van der Waals surface area contributed by atoms with Gasteiger partial charge in [-0.2, -0.15) is 0 Å². The summed E-state index contributed by atoms with van der Waals surface area (Å²) in [7, 11) is 1.67. The van der Waals surface area contributed by atoms with Gasteiger partial charge >= 0.3 is 0 Å². The molecule has 5 nitrogen and oxygen atoms in total. The monoisotopic (exact) mass is 474 g/mol. The van der Waals surface area contributed by atoms with Crippen molar-refractivity contribution in [2.45, 2.75) is 19.6 Å². The summed E-state index contributed by atoms with van der Waals surface area (Å²) < 4.78 is 16.8. The van der Waals surface area contributed by atoms with E-state index in [1.54, 1.807) is 7.11 Å². The molecule has 1 aliphatic heterocycles. The lowest BCUT2D eigenvalue weighted by molar-refractivity contribution is -0.001000. The van der Waals surface area contributed by atoms with Crippen molar-refractivity contribution in [3.63, 3.8) is 0 Å². The number of nitrogens with zero attached hydrogens (tertiary/aromatic N) is 1. The second kappa shape index (κ2) is 14.7. The molecule has 30 heavy (non-hydrogen) atoms. The molecule has 0 saturated carbocycles. The van der Waals surface area contributed by atoms with E-state index in [0.29, 0.717) is 6.61 Å². The first kappa shape index (κ1) is 26.8. The Kier molecular flexibility index (Phi) is 13.2. The molecule has 0 radical (unpaired) electrons. The maximum Gasteiger partial charge on any atom is 0.161 e. The standard InChI is InChI=1S/C22H29ClN2O3.2ClH/c1-26-22-15-19(16-24-9-2-10-25-11-13-27-14-12-25)5-8-21(22)28-17-18-3-6-20(23)7-4-18;;/h3-8,15,24H,2,9-14,16-17H2,1H3;2*1H/p-2. The van der Waals surface area contributed by atoms with Crippen LogP contribution in [0, 0.1) is 0 Å². The lowest BCUT2D eigenvalue weighted by Crippen LogP contribution is -3.00. The van der Waals surface area contributed by atoms with E-state index in [2.05, 4.69) is 16.3 Å². The van der Waals surface area contributed by atoms with E-state index in [4.69, 9.17) is 25.8 Å². The van der Waals surface area contributed by atoms with Crippen LogP contribution in [-0.4, -0.2) is 51.4 Å². The van der Waals surface area contributed by atoms with E-state index >= 15 is 0 Å². The maximum absolute atomic E-state index is 5.92. The van der Waals surface area contributed by atoms with Crippen LogP contribution in [0.15, 0.2) is 42.5 Å². The first-order valence-corrected chi connectivity index (χ1v) is 10.2. The van der Waals surface area contributed by atoms with Crippen molar-refractivity contribution in [3.8, 4) is 11.5 Å². The second-order valence-corrected chi connectivity index (χ2v) is 7.32. The van der Waals surface area contributed by atoms with Gasteiger partial charge in [0.05, 0.1) is 20.3 Å². The molecule has 1 N–H and O–H groups in total. The summed E-state index contributed by atoms with van der Waals surface area (Å²) in [4.78, 5) is 2.46. The van der Waals surface area contributed by atoms with Crippen molar-refractivity contribution in [2.24, 2.45) is 0 Å². The number of benzene rings is 2. The van der Waals surface area contributed by atoms with Gasteiger partial charge in [-0.1, -0.05) is 29.8 Å². The minimum absolute atomic E-state index is 0. The number of morpholine rings is 1. The average Bonchev–Trinajstić information content (AvgIpc) is 2.74. The summed E-state index contributed by atoms with van der Waals surface area (Å²) in [6, 6.07) is 13.7. The lowest BCUT2D eigenvalue weighted by atomic mass is 10.2. The van der Waals surface area contributed by atoms with Crippen LogP contribution in [0.2, 0.25) is 5.02 Å². The molecule has 1 fully saturated rings. The predicted octanol–water partition coefficient (Wildman–Crippen LogP) is -2.25. The molecule has 1 aliphatic rings. The van der Waals surface area contributed by atoms with Crippen LogP contribution in [0.25, 0.3) is 0 Å². The van der Waals surface area contributed by atoms with Crippen LogP contribution >= 0.6 is 11.6 Å². The van der Waals surface area contributed by atoms with Gasteiger partial charge in [0.2, 0.25) is 0 Å². The fourth-order valence-electron chi connectivity index (χ4n) is 3.17. The van der Waals surface area contributed by atoms with Crippen LogP contribution in [0.4, 0.5) is 0 Å². The third-order valence-electron chi connectivity index (χ3n) is 4.80. The van der Waals surface area contributed by atoms with E-state index in [9.17, 15) is 0 Å². The molecule has 0 aliphatic carbocycles. The first-order valence-electron chi connectivity index (χ1n) is 9.79. The Labute approximate surface area is 196 Å². The SMILES string of the molecule is COc1cc(CNCCCN2CCOCC2)ccc1OCc1ccc(Cl)cc1.[Cl-].[Cl-]. The van der Waals surface area contributed by atoms with Crippen LogP contribution in [0.1, 0.15) is 17.5 Å². The number of hydrogen-bond donors (Lipinski definition) is 1. The number of hydrogen-bond acceptors (Lipinski definition) is 5. The van der Waals surface area contributed by atoms with Crippen molar-refractivity contribution >= 4 is 11.6 Å². The molecule has 3 rings (SSSR count). The molecular weight excluding hydrogens is 447 g/mol. The molecule has 1 heterocycles. The van der Waals surface area contributed by atoms with Crippen molar-refractivity contribution < 1.29 is 39.0 Å². The fraction of sp³-hybridized carbons (Fsp3) is 0.455. The molecule has 0 amide bonds. The number of halogens is 3. The van der Waals surface area contributed by atoms with Crippen LogP contribution in [0.5, 0.6) is 11.5 Å². The molecule has 2 aromatic rings. The topological polar surface area (TPSA) is 43.0 Å². The lowest BCUT2D eigenvalue weighted by Gasteiger charge is -2.26. The zero-order valence-corrected chi connectivity index (χ0v) is 19.5. The van der Waals surface area contributed by atoms with E-state index in [-0.39, 0.29) is 24.8 Å². The second-order valence-electron chi connectivity index (χ2n) is 6.88. The smallest absolute Gasteiger partial charge is 0.161 e. The molecular formula is C22H29Cl3N2O3-2. The minimum atomic E-state index is 0. The molecule has 0 aromatic heterocycles. The van der Waals surface area contributed by atoms with Gasteiger partial charge in [0, 0.05) is 24.7 Å². The predicted molar refractivity (Wildman–Crippen MR) is 112 cm³/mol. The normalized spacial score (nSPS) is 13.8. The van der Waals surface area contributed by atoms with E-state index in [0.717, 1.165) is 74.4 Å². The fourth-order valence-corrected chi connectivity index (χ4v) is 3.29. The third kappa shape index (κ3) is 8.88. The van der Waals surface area contributed by atoms with Gasteiger partial charge < -0.3 is 44.3 Å². The van der Waals surface area contributed by atoms with Crippen LogP contribution in [-0.2, 0) is 17.9 Å². The van der Waals surface area contributed by atoms with Gasteiger partial charge in [0.1, 0.15) is 6.61 Å². The Balaban J connectivity index is 0.00000225. The Hall–Kier alpha value is -1.21. The number of ether oxygens (including phenoxy) is 3. The average molecular weight is 476 g/mol. The molecule has 0 bridgehead atoms. The molecule has 0 atom stereocenters. The van der Waals surface area contributed by atoms with Gasteiger partial charge in [-0.25, -0.2) is 0 Å². The Bertz CT molecular complexity index is 726. The summed E-state index contributed by atoms with van der Waals surface area (Å²) in [5.41, 5.74) is 2.25. The first-order chi connectivity index (χ1) is 13.7. The molecule has 1 saturated heterocycles. The summed E-state index contributed by atoms with van der Waals surface area (Å²) in [5, 5.41) is 4.23. The van der Waals surface area contributed by atoms with Gasteiger partial charge in [-0.15, -0.1) is 0 Å². The number of rotatable bonds is 10. The van der Waals surface area contributed by atoms with Crippen LogP contribution < -0.4 is 39.6 Å². The highest BCUT2D eigenvalue weighted by Crippen LogP contribution is 2.29. The van der Waals surface area contributed by atoms with Crippen LogP contribution in [0.3, 0.4) is 0 Å². The summed E-state index contributed by atoms with van der Waals surface area (Å²) in [6.45, 7) is 7.23. The van der Waals surface area contributed by atoms with Crippen molar-refractivity contribution in [1.82, 2.24) is 10.2 Å². The molecule has 0 unspecified atom stereocenters. The molecule has 0 spiro atoms. The Morgan fingerprint density at radius 1 is 1.00 bits per heavy atom. The number of methoxy groups -OCH3 is 1.